The van der Waals surface area contributed by atoms with Crippen molar-refractivity contribution < 1.29 is 22.7 Å². The molecule has 1 unspecified atom stereocenters. The Balaban J connectivity index is 0.00000248. The number of aromatic nitrogens is 1. The number of aryl methyl sites for hydroxylation is 1. The molecule has 0 bridgehead atoms. The fourth-order valence-electron chi connectivity index (χ4n) is 5.38. The van der Waals surface area contributed by atoms with Crippen molar-refractivity contribution in [2.45, 2.75) is 59.0 Å². The van der Waals surface area contributed by atoms with Gasteiger partial charge in [0.1, 0.15) is 11.9 Å². The van der Waals surface area contributed by atoms with Crippen molar-refractivity contribution in [3.63, 3.8) is 0 Å². The molecule has 4 rings (SSSR count). The van der Waals surface area contributed by atoms with E-state index in [-0.39, 0.29) is 11.7 Å². The monoisotopic (exact) mass is 599 g/mol. The zero-order chi connectivity index (χ0) is 31.9. The molecular formula is C33H44F3N5O2. The van der Waals surface area contributed by atoms with Crippen LogP contribution in [0.1, 0.15) is 72.3 Å². The smallest absolute Gasteiger partial charge is 0.407 e. The van der Waals surface area contributed by atoms with Crippen molar-refractivity contribution in [1.29, 1.82) is 0 Å². The van der Waals surface area contributed by atoms with E-state index in [0.717, 1.165) is 54.9 Å². The van der Waals surface area contributed by atoms with Gasteiger partial charge in [0.05, 0.1) is 0 Å². The molecule has 1 atom stereocenters. The van der Waals surface area contributed by atoms with Gasteiger partial charge in [-0.05, 0) is 81.1 Å². The first-order valence-electron chi connectivity index (χ1n) is 14.7. The topological polar surface area (TPSA) is 74.9 Å². The van der Waals surface area contributed by atoms with Gasteiger partial charge in [-0.2, -0.15) is 0 Å². The van der Waals surface area contributed by atoms with Crippen LogP contribution in [-0.2, 0) is 4.74 Å². The number of nitrogens with zero attached hydrogens (tertiary/aromatic N) is 4. The number of piperidine rings is 1. The molecule has 2 aliphatic heterocycles. The highest BCUT2D eigenvalue weighted by Gasteiger charge is 2.36. The summed E-state index contributed by atoms with van der Waals surface area (Å²) in [6.45, 7) is 10.6. The molecule has 0 aliphatic carbocycles. The van der Waals surface area contributed by atoms with Crippen LogP contribution in [0.5, 0.6) is 0 Å². The van der Waals surface area contributed by atoms with E-state index in [1.54, 1.807) is 44.5 Å². The molecule has 0 radical (unpaired) electrons. The normalized spacial score (nSPS) is 18.3. The average Bonchev–Trinajstić information content (AvgIpc) is 2.97. The molecule has 2 aromatic rings. The predicted octanol–water partition coefficient (Wildman–Crippen LogP) is 6.39. The van der Waals surface area contributed by atoms with Crippen LogP contribution in [0.4, 0.5) is 13.2 Å². The molecule has 3 heterocycles. The minimum atomic E-state index is -4.83. The molecule has 0 saturated carbocycles. The minimum absolute atomic E-state index is 0.00196. The maximum absolute atomic E-state index is 13.0. The van der Waals surface area contributed by atoms with Crippen LogP contribution in [0, 0.1) is 6.92 Å². The second-order valence-electron chi connectivity index (χ2n) is 11.0. The maximum Gasteiger partial charge on any atom is 0.572 e. The van der Waals surface area contributed by atoms with Gasteiger partial charge < -0.3 is 20.3 Å². The Bertz CT molecular complexity index is 1340. The summed E-state index contributed by atoms with van der Waals surface area (Å²) in [7, 11) is 5.12. The van der Waals surface area contributed by atoms with E-state index in [4.69, 9.17) is 5.73 Å². The van der Waals surface area contributed by atoms with Gasteiger partial charge in [-0.15, -0.1) is 13.2 Å². The number of likely N-dealkylation sites (N-methyl/N-ethyl adjacent to an activating group) is 1. The molecule has 10 heteroatoms. The SMILES string of the molecule is C/C(=C\c1c(C2=CN(C)C(N)C(OC(F)(F)F)=C2)ccnc1C)CN1CCC(c2ccc(C(=O)N(C)C)cc2)CC1.CC. The van der Waals surface area contributed by atoms with Crippen molar-refractivity contribution in [2.75, 3.05) is 40.8 Å². The fraction of sp³-hybridized carbons (Fsp3) is 0.455. The van der Waals surface area contributed by atoms with Crippen molar-refractivity contribution in [2.24, 2.45) is 5.73 Å². The van der Waals surface area contributed by atoms with Crippen molar-refractivity contribution >= 4 is 17.6 Å². The summed E-state index contributed by atoms with van der Waals surface area (Å²) in [5.41, 5.74) is 12.0. The van der Waals surface area contributed by atoms with E-state index in [9.17, 15) is 18.0 Å². The molecule has 234 valence electrons. The number of alkyl halides is 3. The summed E-state index contributed by atoms with van der Waals surface area (Å²) in [6.07, 6.45) is 2.98. The summed E-state index contributed by atoms with van der Waals surface area (Å²) in [4.78, 5) is 22.1. The average molecular weight is 600 g/mol. The highest BCUT2D eigenvalue weighted by molar-refractivity contribution is 5.93. The number of carbonyl (C=O) groups excluding carboxylic acids is 1. The quantitative estimate of drug-likeness (QED) is 0.398. The lowest BCUT2D eigenvalue weighted by molar-refractivity contribution is -0.308. The number of nitrogens with two attached hydrogens (primary N) is 1. The molecule has 2 aliphatic rings. The Hall–Kier alpha value is -3.63. The summed E-state index contributed by atoms with van der Waals surface area (Å²) < 4.78 is 43.2. The second-order valence-corrected chi connectivity index (χ2v) is 11.0. The van der Waals surface area contributed by atoms with Crippen molar-refractivity contribution in [3.8, 4) is 0 Å². The number of pyridine rings is 1. The predicted molar refractivity (Wildman–Crippen MR) is 166 cm³/mol. The first-order chi connectivity index (χ1) is 20.3. The molecular weight excluding hydrogens is 555 g/mol. The number of ether oxygens (including phenoxy) is 1. The third-order valence-corrected chi connectivity index (χ3v) is 7.59. The van der Waals surface area contributed by atoms with Crippen LogP contribution in [0.25, 0.3) is 11.6 Å². The summed E-state index contributed by atoms with van der Waals surface area (Å²) in [5, 5.41) is 0. The van der Waals surface area contributed by atoms with E-state index in [0.29, 0.717) is 17.1 Å². The Morgan fingerprint density at radius 2 is 1.77 bits per heavy atom. The molecule has 0 spiro atoms. The van der Waals surface area contributed by atoms with Crippen LogP contribution in [0.15, 0.2) is 60.1 Å². The van der Waals surface area contributed by atoms with Gasteiger partial charge >= 0.3 is 6.36 Å². The highest BCUT2D eigenvalue weighted by Crippen LogP contribution is 2.33. The van der Waals surface area contributed by atoms with Crippen molar-refractivity contribution in [3.05, 3.63) is 88.1 Å². The molecule has 7 nitrogen and oxygen atoms in total. The molecule has 1 saturated heterocycles. The number of rotatable bonds is 7. The van der Waals surface area contributed by atoms with Gasteiger partial charge in [-0.3, -0.25) is 14.7 Å². The number of carbonyl (C=O) groups is 1. The minimum Gasteiger partial charge on any atom is -0.407 e. The Morgan fingerprint density at radius 3 is 2.35 bits per heavy atom. The summed E-state index contributed by atoms with van der Waals surface area (Å²) >= 11 is 0. The van der Waals surface area contributed by atoms with E-state index in [1.807, 2.05) is 32.9 Å². The number of halogens is 3. The van der Waals surface area contributed by atoms with Crippen LogP contribution >= 0.6 is 0 Å². The fourth-order valence-corrected chi connectivity index (χ4v) is 5.38. The van der Waals surface area contributed by atoms with Crippen molar-refractivity contribution in [1.82, 2.24) is 19.7 Å². The van der Waals surface area contributed by atoms with E-state index >= 15 is 0 Å². The van der Waals surface area contributed by atoms with Gasteiger partial charge in [0, 0.05) is 62.5 Å². The zero-order valence-electron chi connectivity index (χ0n) is 26.2. The molecule has 1 aromatic heterocycles. The third kappa shape index (κ3) is 8.93. The number of likely N-dealkylation sites (tertiary alicyclic amines) is 1. The Kier molecular flexibility index (Phi) is 11.6. The lowest BCUT2D eigenvalue weighted by Gasteiger charge is -2.32. The molecule has 1 fully saturated rings. The number of allylic oxidation sites excluding steroid dienone is 2. The summed E-state index contributed by atoms with van der Waals surface area (Å²) in [5.74, 6) is 0.0928. The number of hydrogen-bond acceptors (Lipinski definition) is 6. The van der Waals surface area contributed by atoms with Gasteiger partial charge in [-0.25, -0.2) is 0 Å². The van der Waals surface area contributed by atoms with Gasteiger partial charge in [0.25, 0.3) is 5.91 Å². The van der Waals surface area contributed by atoms with Crippen LogP contribution in [0.3, 0.4) is 0 Å². The van der Waals surface area contributed by atoms with E-state index in [1.165, 1.54) is 16.5 Å². The van der Waals surface area contributed by atoms with E-state index in [2.05, 4.69) is 39.8 Å². The second kappa shape index (κ2) is 14.7. The van der Waals surface area contributed by atoms with Crippen LogP contribution in [-0.4, -0.2) is 78.9 Å². The van der Waals surface area contributed by atoms with Gasteiger partial charge in [0.2, 0.25) is 0 Å². The van der Waals surface area contributed by atoms with E-state index < -0.39 is 12.5 Å². The summed E-state index contributed by atoms with van der Waals surface area (Å²) in [6, 6.07) is 9.75. The molecule has 43 heavy (non-hydrogen) atoms. The molecule has 2 N–H and O–H groups in total. The van der Waals surface area contributed by atoms with Gasteiger partial charge in [-0.1, -0.05) is 37.6 Å². The molecule has 1 aromatic carbocycles. The lowest BCUT2D eigenvalue weighted by atomic mass is 9.88. The Morgan fingerprint density at radius 1 is 1.14 bits per heavy atom. The zero-order valence-corrected chi connectivity index (χ0v) is 26.2. The van der Waals surface area contributed by atoms with Crippen LogP contribution in [0.2, 0.25) is 0 Å². The largest absolute Gasteiger partial charge is 0.572 e. The Labute approximate surface area is 253 Å². The molecule has 1 amide bonds. The van der Waals surface area contributed by atoms with Crippen LogP contribution < -0.4 is 5.73 Å². The highest BCUT2D eigenvalue weighted by atomic mass is 19.4. The standard InChI is InChI=1S/C31H38F3N5O2.C2H6/c1-20(18-39-14-11-23(12-15-39)22-6-8-24(9-7-22)30(40)37(3)4)16-27-21(2)36-13-10-26(27)25-17-28(41-31(32,33)34)29(35)38(5)19-25;1-2/h6-10,13,16-17,19,23,29H,11-12,14-15,18,35H2,1-5H3;1-2H3/b20-16+;. The third-order valence-electron chi connectivity index (χ3n) is 7.59. The maximum atomic E-state index is 13.0. The lowest BCUT2D eigenvalue weighted by Crippen LogP contribution is -2.41. The number of benzene rings is 1. The first-order valence-corrected chi connectivity index (χ1v) is 14.7. The first kappa shape index (κ1) is 33.9. The number of amides is 1. The van der Waals surface area contributed by atoms with Gasteiger partial charge in [0.15, 0.2) is 0 Å². The number of hydrogen-bond donors (Lipinski definition) is 1.